The number of amides is 1. The summed E-state index contributed by atoms with van der Waals surface area (Å²) >= 11 is 1.29. The zero-order valence-electron chi connectivity index (χ0n) is 15.7. The van der Waals surface area contributed by atoms with E-state index in [0.717, 1.165) is 10.2 Å². The van der Waals surface area contributed by atoms with Crippen molar-refractivity contribution in [2.45, 2.75) is 6.54 Å². The van der Waals surface area contributed by atoms with Gasteiger partial charge >= 0.3 is 5.97 Å². The smallest absolute Gasteiger partial charge is 0.325 e. The summed E-state index contributed by atoms with van der Waals surface area (Å²) in [7, 11) is 2.90. The standard InChI is InChI=1S/C20H16N4O4S/c1-27-13-4-6-16-17(10-13)29-20(24(16)11-18(25)28-2)23-19(26)12-3-5-14-15(9-12)22-8-7-21-14/h3-10H,11H2,1-2H3. The Kier molecular flexibility index (Phi) is 5.05. The average molecular weight is 408 g/mol. The number of benzene rings is 2. The monoisotopic (exact) mass is 408 g/mol. The number of aromatic nitrogens is 3. The van der Waals surface area contributed by atoms with Crippen molar-refractivity contribution in [3.8, 4) is 5.75 Å². The fourth-order valence-corrected chi connectivity index (χ4v) is 3.92. The molecule has 8 nitrogen and oxygen atoms in total. The van der Waals surface area contributed by atoms with Crippen LogP contribution in [0.5, 0.6) is 5.75 Å². The molecule has 2 aromatic heterocycles. The zero-order chi connectivity index (χ0) is 20.4. The zero-order valence-corrected chi connectivity index (χ0v) is 16.5. The Morgan fingerprint density at radius 2 is 1.86 bits per heavy atom. The molecule has 9 heteroatoms. The minimum atomic E-state index is -0.435. The lowest BCUT2D eigenvalue weighted by Crippen LogP contribution is -2.22. The second-order valence-corrected chi connectivity index (χ2v) is 7.07. The molecule has 4 rings (SSSR count). The van der Waals surface area contributed by atoms with Crippen molar-refractivity contribution in [2.75, 3.05) is 14.2 Å². The maximum absolute atomic E-state index is 12.8. The third-order valence-corrected chi connectivity index (χ3v) is 5.36. The second kappa shape index (κ2) is 7.80. The minimum Gasteiger partial charge on any atom is -0.497 e. The molecule has 0 saturated heterocycles. The van der Waals surface area contributed by atoms with Crippen molar-refractivity contribution in [1.29, 1.82) is 0 Å². The van der Waals surface area contributed by atoms with Gasteiger partial charge in [0, 0.05) is 18.0 Å². The van der Waals surface area contributed by atoms with E-state index >= 15 is 0 Å². The molecule has 146 valence electrons. The Morgan fingerprint density at radius 1 is 1.07 bits per heavy atom. The molecule has 0 aliphatic carbocycles. The number of nitrogens with zero attached hydrogens (tertiary/aromatic N) is 4. The number of carbonyl (C=O) groups is 2. The molecular formula is C20H16N4O4S. The molecule has 4 aromatic rings. The Labute approximate surface area is 169 Å². The van der Waals surface area contributed by atoms with E-state index in [4.69, 9.17) is 9.47 Å². The Morgan fingerprint density at radius 3 is 2.62 bits per heavy atom. The van der Waals surface area contributed by atoms with Crippen LogP contribution in [-0.2, 0) is 16.1 Å². The molecule has 0 radical (unpaired) electrons. The van der Waals surface area contributed by atoms with Gasteiger partial charge in [-0.15, -0.1) is 0 Å². The van der Waals surface area contributed by atoms with E-state index in [-0.39, 0.29) is 6.54 Å². The van der Waals surface area contributed by atoms with Crippen molar-refractivity contribution in [3.05, 3.63) is 59.2 Å². The Hall–Kier alpha value is -3.59. The molecule has 2 heterocycles. The van der Waals surface area contributed by atoms with Crippen molar-refractivity contribution in [1.82, 2.24) is 14.5 Å². The van der Waals surface area contributed by atoms with E-state index in [0.29, 0.717) is 27.1 Å². The maximum Gasteiger partial charge on any atom is 0.325 e. The van der Waals surface area contributed by atoms with Crippen LogP contribution in [0.2, 0.25) is 0 Å². The summed E-state index contributed by atoms with van der Waals surface area (Å²) in [5.41, 5.74) is 2.45. The lowest BCUT2D eigenvalue weighted by atomic mass is 10.2. The summed E-state index contributed by atoms with van der Waals surface area (Å²) < 4.78 is 12.5. The molecule has 0 atom stereocenters. The average Bonchev–Trinajstić information content (AvgIpc) is 3.08. The highest BCUT2D eigenvalue weighted by molar-refractivity contribution is 7.16. The van der Waals surface area contributed by atoms with Gasteiger partial charge in [-0.3, -0.25) is 19.6 Å². The number of thiazole rings is 1. The molecule has 0 bridgehead atoms. The van der Waals surface area contributed by atoms with E-state index in [1.165, 1.54) is 18.4 Å². The molecule has 0 unspecified atom stereocenters. The molecule has 2 aromatic carbocycles. The SMILES string of the molecule is COC(=O)Cn1c(=NC(=O)c2ccc3nccnc3c2)sc2cc(OC)ccc21. The predicted molar refractivity (Wildman–Crippen MR) is 108 cm³/mol. The summed E-state index contributed by atoms with van der Waals surface area (Å²) in [6.45, 7) is -0.0574. The highest BCUT2D eigenvalue weighted by Crippen LogP contribution is 2.23. The third-order valence-electron chi connectivity index (χ3n) is 4.32. The molecule has 0 aliphatic rings. The summed E-state index contributed by atoms with van der Waals surface area (Å²) in [6.07, 6.45) is 3.16. The molecule has 29 heavy (non-hydrogen) atoms. The van der Waals surface area contributed by atoms with E-state index in [1.54, 1.807) is 48.3 Å². The lowest BCUT2D eigenvalue weighted by molar-refractivity contribution is -0.141. The number of rotatable bonds is 4. The molecule has 0 spiro atoms. The van der Waals surface area contributed by atoms with Gasteiger partial charge in [0.2, 0.25) is 0 Å². The number of esters is 1. The van der Waals surface area contributed by atoms with E-state index in [9.17, 15) is 9.59 Å². The van der Waals surface area contributed by atoms with Crippen LogP contribution in [0.4, 0.5) is 0 Å². The Balaban J connectivity index is 1.83. The third kappa shape index (κ3) is 3.72. The molecule has 0 N–H and O–H groups in total. The van der Waals surface area contributed by atoms with Gasteiger partial charge in [0.15, 0.2) is 4.80 Å². The van der Waals surface area contributed by atoms with Gasteiger partial charge < -0.3 is 14.0 Å². The van der Waals surface area contributed by atoms with Crippen LogP contribution < -0.4 is 9.54 Å². The minimum absolute atomic E-state index is 0.0574. The molecule has 1 amide bonds. The highest BCUT2D eigenvalue weighted by Gasteiger charge is 2.13. The Bertz CT molecular complexity index is 1310. The fourth-order valence-electron chi connectivity index (χ4n) is 2.86. The van der Waals surface area contributed by atoms with Crippen LogP contribution in [-0.4, -0.2) is 40.6 Å². The predicted octanol–water partition coefficient (Wildman–Crippen LogP) is 2.57. The number of methoxy groups -OCH3 is 2. The molecule has 0 saturated carbocycles. The van der Waals surface area contributed by atoms with Gasteiger partial charge in [-0.1, -0.05) is 11.3 Å². The maximum atomic E-state index is 12.8. The summed E-state index contributed by atoms with van der Waals surface area (Å²) in [5.74, 6) is -0.194. The summed E-state index contributed by atoms with van der Waals surface area (Å²) in [6, 6.07) is 10.5. The van der Waals surface area contributed by atoms with E-state index < -0.39 is 11.9 Å². The van der Waals surface area contributed by atoms with Crippen molar-refractivity contribution >= 4 is 44.5 Å². The number of ether oxygens (including phenoxy) is 2. The van der Waals surface area contributed by atoms with Gasteiger partial charge in [0.05, 0.1) is 35.5 Å². The highest BCUT2D eigenvalue weighted by atomic mass is 32.1. The first-order valence-corrected chi connectivity index (χ1v) is 9.44. The first-order valence-electron chi connectivity index (χ1n) is 8.63. The number of carbonyl (C=O) groups excluding carboxylic acids is 2. The number of fused-ring (bicyclic) bond motifs is 2. The van der Waals surface area contributed by atoms with Gasteiger partial charge in [-0.05, 0) is 36.4 Å². The van der Waals surface area contributed by atoms with Crippen LogP contribution in [0.25, 0.3) is 21.3 Å². The quantitative estimate of drug-likeness (QED) is 0.482. The van der Waals surface area contributed by atoms with Crippen LogP contribution in [0.1, 0.15) is 10.4 Å². The van der Waals surface area contributed by atoms with Gasteiger partial charge in [0.25, 0.3) is 5.91 Å². The van der Waals surface area contributed by atoms with Crippen LogP contribution in [0.15, 0.2) is 53.8 Å². The topological polar surface area (TPSA) is 95.7 Å². The van der Waals surface area contributed by atoms with Gasteiger partial charge in [-0.2, -0.15) is 4.99 Å². The van der Waals surface area contributed by atoms with Crippen molar-refractivity contribution < 1.29 is 19.1 Å². The van der Waals surface area contributed by atoms with E-state index in [2.05, 4.69) is 15.0 Å². The molecule has 0 fully saturated rings. The van der Waals surface area contributed by atoms with Gasteiger partial charge in [-0.25, -0.2) is 0 Å². The van der Waals surface area contributed by atoms with Crippen LogP contribution in [0, 0.1) is 0 Å². The molecular weight excluding hydrogens is 392 g/mol. The first kappa shape index (κ1) is 18.8. The second-order valence-electron chi connectivity index (χ2n) is 6.06. The first-order chi connectivity index (χ1) is 14.1. The largest absolute Gasteiger partial charge is 0.497 e. The summed E-state index contributed by atoms with van der Waals surface area (Å²) in [4.78, 5) is 37.8. The lowest BCUT2D eigenvalue weighted by Gasteiger charge is -2.04. The normalized spacial score (nSPS) is 11.7. The molecule has 0 aliphatic heterocycles. The van der Waals surface area contributed by atoms with Gasteiger partial charge in [0.1, 0.15) is 12.3 Å². The van der Waals surface area contributed by atoms with Crippen LogP contribution >= 0.6 is 11.3 Å². The van der Waals surface area contributed by atoms with Crippen LogP contribution in [0.3, 0.4) is 0 Å². The number of hydrogen-bond donors (Lipinski definition) is 0. The summed E-state index contributed by atoms with van der Waals surface area (Å²) in [5, 5.41) is 0. The van der Waals surface area contributed by atoms with Crippen molar-refractivity contribution in [2.24, 2.45) is 4.99 Å². The number of hydrogen-bond acceptors (Lipinski definition) is 7. The van der Waals surface area contributed by atoms with E-state index in [1.807, 2.05) is 12.1 Å². The fraction of sp³-hybridized carbons (Fsp3) is 0.150. The van der Waals surface area contributed by atoms with Crippen molar-refractivity contribution in [3.63, 3.8) is 0 Å².